The molecule has 0 heterocycles. The summed E-state index contributed by atoms with van der Waals surface area (Å²) >= 11 is 0. The van der Waals surface area contributed by atoms with Crippen LogP contribution in [0.4, 0.5) is 0 Å². The molecule has 96 valence electrons. The van der Waals surface area contributed by atoms with Crippen LogP contribution in [0.25, 0.3) is 0 Å². The molecule has 0 radical (unpaired) electrons. The molecule has 0 aromatic heterocycles. The lowest BCUT2D eigenvalue weighted by Gasteiger charge is -2.15. The van der Waals surface area contributed by atoms with E-state index in [0.29, 0.717) is 12.5 Å². The summed E-state index contributed by atoms with van der Waals surface area (Å²) in [6, 6.07) is 11.2. The third kappa shape index (κ3) is 3.89. The number of benzene rings is 1. The largest absolute Gasteiger partial charge is 0.354 e. The zero-order valence-corrected chi connectivity index (χ0v) is 11.0. The van der Waals surface area contributed by atoms with Crippen LogP contribution in [0.15, 0.2) is 30.3 Å². The molecule has 0 aliphatic heterocycles. The summed E-state index contributed by atoms with van der Waals surface area (Å²) in [4.78, 5) is 12.0. The second-order valence-corrected chi connectivity index (χ2v) is 4.40. The Bertz CT molecular complexity index is 404. The fourth-order valence-electron chi connectivity index (χ4n) is 1.85. The van der Waals surface area contributed by atoms with Gasteiger partial charge in [-0.05, 0) is 11.5 Å². The number of nitrogens with zero attached hydrogens (tertiary/aromatic N) is 1. The maximum absolute atomic E-state index is 12.0. The van der Waals surface area contributed by atoms with E-state index in [-0.39, 0.29) is 5.91 Å². The predicted molar refractivity (Wildman–Crippen MR) is 71.9 cm³/mol. The Kier molecular flexibility index (Phi) is 5.93. The first-order chi connectivity index (χ1) is 8.72. The molecule has 3 nitrogen and oxygen atoms in total. The lowest BCUT2D eigenvalue weighted by Crippen LogP contribution is -2.32. The number of nitriles is 1. The lowest BCUT2D eigenvalue weighted by molar-refractivity contribution is -0.121. The van der Waals surface area contributed by atoms with Gasteiger partial charge in [-0.15, -0.1) is 0 Å². The Hall–Kier alpha value is -1.82. The SMILES string of the molecule is CCC(CC)CNC(=O)C(C#N)c1ccccc1. The van der Waals surface area contributed by atoms with Crippen molar-refractivity contribution >= 4 is 5.91 Å². The van der Waals surface area contributed by atoms with Gasteiger partial charge in [-0.3, -0.25) is 4.79 Å². The number of hydrogen-bond donors (Lipinski definition) is 1. The van der Waals surface area contributed by atoms with Crippen molar-refractivity contribution in [1.82, 2.24) is 5.32 Å². The minimum absolute atomic E-state index is 0.199. The molecule has 0 saturated heterocycles. The summed E-state index contributed by atoms with van der Waals surface area (Å²) in [6.07, 6.45) is 2.08. The minimum Gasteiger partial charge on any atom is -0.354 e. The van der Waals surface area contributed by atoms with Crippen LogP contribution in [0, 0.1) is 17.2 Å². The third-order valence-electron chi connectivity index (χ3n) is 3.24. The molecule has 1 atom stereocenters. The van der Waals surface area contributed by atoms with Crippen LogP contribution in [0.2, 0.25) is 0 Å². The Morgan fingerprint density at radius 3 is 2.39 bits per heavy atom. The standard InChI is InChI=1S/C15H20N2O/c1-3-12(4-2)11-17-15(18)14(10-16)13-8-6-5-7-9-13/h5-9,12,14H,3-4,11H2,1-2H3,(H,17,18). The van der Waals surface area contributed by atoms with Crippen molar-refractivity contribution in [3.8, 4) is 6.07 Å². The van der Waals surface area contributed by atoms with Crippen LogP contribution >= 0.6 is 0 Å². The molecular weight excluding hydrogens is 224 g/mol. The monoisotopic (exact) mass is 244 g/mol. The van der Waals surface area contributed by atoms with Gasteiger partial charge in [-0.2, -0.15) is 5.26 Å². The Morgan fingerprint density at radius 1 is 1.28 bits per heavy atom. The number of carbonyl (C=O) groups is 1. The van der Waals surface area contributed by atoms with E-state index in [0.717, 1.165) is 18.4 Å². The van der Waals surface area contributed by atoms with Gasteiger partial charge >= 0.3 is 0 Å². The number of carbonyl (C=O) groups excluding carboxylic acids is 1. The average Bonchev–Trinajstić information content (AvgIpc) is 2.42. The second-order valence-electron chi connectivity index (χ2n) is 4.40. The minimum atomic E-state index is -0.708. The van der Waals surface area contributed by atoms with Crippen LogP contribution in [0.5, 0.6) is 0 Å². The molecule has 1 aromatic carbocycles. The van der Waals surface area contributed by atoms with Gasteiger partial charge in [-0.1, -0.05) is 57.0 Å². The topological polar surface area (TPSA) is 52.9 Å². The highest BCUT2D eigenvalue weighted by Gasteiger charge is 2.20. The van der Waals surface area contributed by atoms with Gasteiger partial charge in [0, 0.05) is 6.54 Å². The maximum atomic E-state index is 12.0. The summed E-state index contributed by atoms with van der Waals surface area (Å²) in [7, 11) is 0. The zero-order chi connectivity index (χ0) is 13.4. The number of rotatable bonds is 6. The Balaban J connectivity index is 2.62. The van der Waals surface area contributed by atoms with E-state index < -0.39 is 5.92 Å². The third-order valence-corrected chi connectivity index (χ3v) is 3.24. The van der Waals surface area contributed by atoms with Gasteiger partial charge in [-0.25, -0.2) is 0 Å². The fraction of sp³-hybridized carbons (Fsp3) is 0.467. The normalized spacial score (nSPS) is 11.9. The summed E-state index contributed by atoms with van der Waals surface area (Å²) in [6.45, 7) is 4.87. The number of hydrogen-bond acceptors (Lipinski definition) is 2. The second kappa shape index (κ2) is 7.50. The highest BCUT2D eigenvalue weighted by atomic mass is 16.1. The molecule has 1 amide bonds. The van der Waals surface area contributed by atoms with Crippen molar-refractivity contribution in [1.29, 1.82) is 5.26 Å². The molecule has 0 aliphatic carbocycles. The van der Waals surface area contributed by atoms with Crippen molar-refractivity contribution in [3.63, 3.8) is 0 Å². The van der Waals surface area contributed by atoms with Crippen LogP contribution in [0.3, 0.4) is 0 Å². The summed E-state index contributed by atoms with van der Waals surface area (Å²) in [5.41, 5.74) is 0.752. The molecule has 0 fully saturated rings. The van der Waals surface area contributed by atoms with Crippen molar-refractivity contribution in [3.05, 3.63) is 35.9 Å². The molecule has 0 spiro atoms. The highest BCUT2D eigenvalue weighted by Crippen LogP contribution is 2.15. The van der Waals surface area contributed by atoms with Crippen LogP contribution < -0.4 is 5.32 Å². The molecule has 1 aromatic rings. The van der Waals surface area contributed by atoms with E-state index >= 15 is 0 Å². The van der Waals surface area contributed by atoms with Gasteiger partial charge in [0.15, 0.2) is 0 Å². The van der Waals surface area contributed by atoms with Crippen molar-refractivity contribution in [2.45, 2.75) is 32.6 Å². The van der Waals surface area contributed by atoms with Crippen molar-refractivity contribution < 1.29 is 4.79 Å². The van der Waals surface area contributed by atoms with Crippen molar-refractivity contribution in [2.75, 3.05) is 6.54 Å². The molecule has 3 heteroatoms. The fourth-order valence-corrected chi connectivity index (χ4v) is 1.85. The smallest absolute Gasteiger partial charge is 0.241 e. The predicted octanol–water partition coefficient (Wildman–Crippen LogP) is 2.85. The number of nitrogens with one attached hydrogen (secondary N) is 1. The van der Waals surface area contributed by atoms with E-state index in [1.807, 2.05) is 30.3 Å². The first kappa shape index (κ1) is 14.2. The van der Waals surface area contributed by atoms with Gasteiger partial charge in [0.2, 0.25) is 5.91 Å². The van der Waals surface area contributed by atoms with Gasteiger partial charge in [0.1, 0.15) is 5.92 Å². The molecule has 0 bridgehead atoms. The molecular formula is C15H20N2O. The van der Waals surface area contributed by atoms with Crippen LogP contribution in [-0.2, 0) is 4.79 Å². The van der Waals surface area contributed by atoms with Crippen LogP contribution in [0.1, 0.15) is 38.2 Å². The van der Waals surface area contributed by atoms with E-state index in [1.165, 1.54) is 0 Å². The average molecular weight is 244 g/mol. The molecule has 1 unspecified atom stereocenters. The highest BCUT2D eigenvalue weighted by molar-refractivity contribution is 5.86. The molecule has 1 N–H and O–H groups in total. The quantitative estimate of drug-likeness (QED) is 0.836. The van der Waals surface area contributed by atoms with Gasteiger partial charge < -0.3 is 5.32 Å². The van der Waals surface area contributed by atoms with E-state index in [1.54, 1.807) is 0 Å². The summed E-state index contributed by atoms with van der Waals surface area (Å²) in [5.74, 6) is -0.416. The maximum Gasteiger partial charge on any atom is 0.241 e. The first-order valence-electron chi connectivity index (χ1n) is 6.45. The van der Waals surface area contributed by atoms with E-state index in [2.05, 4.69) is 25.2 Å². The number of amides is 1. The summed E-state index contributed by atoms with van der Waals surface area (Å²) < 4.78 is 0. The van der Waals surface area contributed by atoms with Gasteiger partial charge in [0.25, 0.3) is 0 Å². The molecule has 18 heavy (non-hydrogen) atoms. The van der Waals surface area contributed by atoms with Crippen LogP contribution in [-0.4, -0.2) is 12.5 Å². The lowest BCUT2D eigenvalue weighted by atomic mass is 9.99. The van der Waals surface area contributed by atoms with Gasteiger partial charge in [0.05, 0.1) is 6.07 Å². The summed E-state index contributed by atoms with van der Waals surface area (Å²) in [5, 5.41) is 12.0. The Morgan fingerprint density at radius 2 is 1.89 bits per heavy atom. The molecule has 0 aliphatic rings. The first-order valence-corrected chi connectivity index (χ1v) is 6.45. The molecule has 1 rings (SSSR count). The molecule has 0 saturated carbocycles. The Labute approximate surface area is 109 Å². The zero-order valence-electron chi connectivity index (χ0n) is 11.0. The van der Waals surface area contributed by atoms with E-state index in [4.69, 9.17) is 5.26 Å². The van der Waals surface area contributed by atoms with E-state index in [9.17, 15) is 4.79 Å². The van der Waals surface area contributed by atoms with Crippen molar-refractivity contribution in [2.24, 2.45) is 5.92 Å².